The van der Waals surface area contributed by atoms with Gasteiger partial charge in [-0.1, -0.05) is 12.1 Å². The van der Waals surface area contributed by atoms with Crippen molar-refractivity contribution in [2.24, 2.45) is 0 Å². The van der Waals surface area contributed by atoms with Crippen molar-refractivity contribution >= 4 is 0 Å². The fraction of sp³-hybridized carbons (Fsp3) is 0.0833. The molecule has 3 nitrogen and oxygen atoms in total. The van der Waals surface area contributed by atoms with E-state index in [4.69, 9.17) is 4.74 Å². The lowest BCUT2D eigenvalue weighted by Crippen LogP contribution is -1.91. The number of phenols is 1. The first-order chi connectivity index (χ1) is 7.70. The Kier molecular flexibility index (Phi) is 2.72. The molecule has 1 N–H and O–H groups in total. The fourth-order valence-corrected chi connectivity index (χ4v) is 1.43. The van der Waals surface area contributed by atoms with Crippen molar-refractivity contribution in [1.29, 1.82) is 0 Å². The third-order valence-electron chi connectivity index (χ3n) is 2.20. The quantitative estimate of drug-likeness (QED) is 0.844. The second-order valence-corrected chi connectivity index (χ2v) is 3.26. The van der Waals surface area contributed by atoms with Crippen LogP contribution in [0, 0.1) is 5.82 Å². The predicted molar refractivity (Wildman–Crippen MR) is 57.8 cm³/mol. The number of aromatic hydroxyl groups is 1. The predicted octanol–water partition coefficient (Wildman–Crippen LogP) is 2.60. The summed E-state index contributed by atoms with van der Waals surface area (Å²) in [6.45, 7) is 0. The van der Waals surface area contributed by atoms with E-state index < -0.39 is 5.82 Å². The van der Waals surface area contributed by atoms with Crippen LogP contribution in [0.3, 0.4) is 0 Å². The van der Waals surface area contributed by atoms with Gasteiger partial charge in [0.25, 0.3) is 0 Å². The standard InChI is InChI=1S/C12H10FNO2/c1-16-12-6-10(11(13)7-14-12)8-3-2-4-9(15)5-8/h2-7,15H,1H3. The number of rotatable bonds is 2. The Morgan fingerprint density at radius 3 is 2.81 bits per heavy atom. The summed E-state index contributed by atoms with van der Waals surface area (Å²) in [5.74, 6) is -0.0289. The Morgan fingerprint density at radius 1 is 1.31 bits per heavy atom. The van der Waals surface area contributed by atoms with Crippen LogP contribution in [-0.2, 0) is 0 Å². The molecule has 0 radical (unpaired) electrons. The Hall–Kier alpha value is -2.10. The van der Waals surface area contributed by atoms with E-state index >= 15 is 0 Å². The van der Waals surface area contributed by atoms with Crippen LogP contribution in [0.5, 0.6) is 11.6 Å². The lowest BCUT2D eigenvalue weighted by molar-refractivity contribution is 0.396. The molecule has 0 saturated heterocycles. The zero-order valence-electron chi connectivity index (χ0n) is 8.64. The van der Waals surface area contributed by atoms with Crippen LogP contribution in [-0.4, -0.2) is 17.2 Å². The van der Waals surface area contributed by atoms with Crippen molar-refractivity contribution < 1.29 is 14.2 Å². The molecule has 0 aliphatic carbocycles. The summed E-state index contributed by atoms with van der Waals surface area (Å²) in [5, 5.41) is 9.32. The monoisotopic (exact) mass is 219 g/mol. The van der Waals surface area contributed by atoms with Crippen LogP contribution >= 0.6 is 0 Å². The van der Waals surface area contributed by atoms with Crippen molar-refractivity contribution in [3.8, 4) is 22.8 Å². The minimum Gasteiger partial charge on any atom is -0.508 e. The third-order valence-corrected chi connectivity index (χ3v) is 2.20. The molecular weight excluding hydrogens is 209 g/mol. The molecule has 1 heterocycles. The number of hydrogen-bond donors (Lipinski definition) is 1. The van der Waals surface area contributed by atoms with Gasteiger partial charge in [0.05, 0.1) is 13.3 Å². The van der Waals surface area contributed by atoms with Crippen LogP contribution in [0.1, 0.15) is 0 Å². The second-order valence-electron chi connectivity index (χ2n) is 3.26. The molecule has 0 bridgehead atoms. The molecule has 2 aromatic rings. The molecule has 4 heteroatoms. The van der Waals surface area contributed by atoms with Gasteiger partial charge in [0.15, 0.2) is 0 Å². The lowest BCUT2D eigenvalue weighted by atomic mass is 10.1. The van der Waals surface area contributed by atoms with E-state index in [0.29, 0.717) is 17.0 Å². The third kappa shape index (κ3) is 1.95. The van der Waals surface area contributed by atoms with Crippen molar-refractivity contribution in [2.45, 2.75) is 0 Å². The minimum atomic E-state index is -0.452. The first-order valence-corrected chi connectivity index (χ1v) is 4.69. The number of hydrogen-bond acceptors (Lipinski definition) is 3. The number of phenolic OH excluding ortho intramolecular Hbond substituents is 1. The summed E-state index contributed by atoms with van der Waals surface area (Å²) >= 11 is 0. The van der Waals surface area contributed by atoms with Gasteiger partial charge < -0.3 is 9.84 Å². The molecule has 0 unspecified atom stereocenters. The van der Waals surface area contributed by atoms with Gasteiger partial charge in [0, 0.05) is 11.6 Å². The zero-order valence-corrected chi connectivity index (χ0v) is 8.64. The number of halogens is 1. The molecule has 0 fully saturated rings. The smallest absolute Gasteiger partial charge is 0.213 e. The molecule has 0 amide bonds. The molecule has 16 heavy (non-hydrogen) atoms. The number of ether oxygens (including phenoxy) is 1. The van der Waals surface area contributed by atoms with Crippen molar-refractivity contribution in [2.75, 3.05) is 7.11 Å². The molecule has 1 aromatic heterocycles. The largest absolute Gasteiger partial charge is 0.508 e. The van der Waals surface area contributed by atoms with E-state index in [0.717, 1.165) is 6.20 Å². The Labute approximate surface area is 92.1 Å². The number of benzene rings is 1. The molecular formula is C12H10FNO2. The van der Waals surface area contributed by atoms with Crippen LogP contribution in [0.25, 0.3) is 11.1 Å². The Morgan fingerprint density at radius 2 is 2.12 bits per heavy atom. The number of pyridine rings is 1. The lowest BCUT2D eigenvalue weighted by Gasteiger charge is -2.05. The van der Waals surface area contributed by atoms with E-state index in [-0.39, 0.29) is 5.75 Å². The van der Waals surface area contributed by atoms with E-state index in [1.165, 1.54) is 25.3 Å². The van der Waals surface area contributed by atoms with E-state index in [1.54, 1.807) is 12.1 Å². The summed E-state index contributed by atoms with van der Waals surface area (Å²) in [4.78, 5) is 3.75. The fourth-order valence-electron chi connectivity index (χ4n) is 1.43. The number of aromatic nitrogens is 1. The maximum atomic E-state index is 13.5. The Balaban J connectivity index is 2.54. The SMILES string of the molecule is COc1cc(-c2cccc(O)c2)c(F)cn1. The van der Waals surface area contributed by atoms with Crippen molar-refractivity contribution in [3.63, 3.8) is 0 Å². The normalized spacial score (nSPS) is 10.1. The second kappa shape index (κ2) is 4.18. The van der Waals surface area contributed by atoms with Crippen LogP contribution in [0.2, 0.25) is 0 Å². The highest BCUT2D eigenvalue weighted by atomic mass is 19.1. The molecule has 0 aliphatic rings. The van der Waals surface area contributed by atoms with Gasteiger partial charge in [-0.3, -0.25) is 0 Å². The summed E-state index contributed by atoms with van der Waals surface area (Å²) in [5.41, 5.74) is 0.931. The summed E-state index contributed by atoms with van der Waals surface area (Å²) < 4.78 is 18.4. The van der Waals surface area contributed by atoms with Gasteiger partial charge in [0.2, 0.25) is 5.88 Å². The molecule has 82 valence electrons. The highest BCUT2D eigenvalue weighted by molar-refractivity contribution is 5.66. The zero-order chi connectivity index (χ0) is 11.5. The van der Waals surface area contributed by atoms with Crippen LogP contribution < -0.4 is 4.74 Å². The van der Waals surface area contributed by atoms with Gasteiger partial charge >= 0.3 is 0 Å². The maximum Gasteiger partial charge on any atom is 0.213 e. The summed E-state index contributed by atoms with van der Waals surface area (Å²) in [6.07, 6.45) is 1.10. The van der Waals surface area contributed by atoms with Crippen molar-refractivity contribution in [3.05, 3.63) is 42.3 Å². The molecule has 1 aromatic carbocycles. The molecule has 0 saturated carbocycles. The Bertz CT molecular complexity index is 514. The molecule has 0 spiro atoms. The highest BCUT2D eigenvalue weighted by Gasteiger charge is 2.08. The topological polar surface area (TPSA) is 42.4 Å². The highest BCUT2D eigenvalue weighted by Crippen LogP contribution is 2.27. The van der Waals surface area contributed by atoms with Gasteiger partial charge in [-0.25, -0.2) is 9.37 Å². The first-order valence-electron chi connectivity index (χ1n) is 4.69. The minimum absolute atomic E-state index is 0.0904. The summed E-state index contributed by atoms with van der Waals surface area (Å²) in [7, 11) is 1.46. The first kappa shape index (κ1) is 10.4. The van der Waals surface area contributed by atoms with Crippen LogP contribution in [0.15, 0.2) is 36.5 Å². The van der Waals surface area contributed by atoms with Crippen molar-refractivity contribution in [1.82, 2.24) is 4.98 Å². The molecule has 0 atom stereocenters. The average Bonchev–Trinajstić information content (AvgIpc) is 2.30. The van der Waals surface area contributed by atoms with Gasteiger partial charge in [-0.05, 0) is 17.7 Å². The van der Waals surface area contributed by atoms with Gasteiger partial charge in [0.1, 0.15) is 11.6 Å². The van der Waals surface area contributed by atoms with Crippen LogP contribution in [0.4, 0.5) is 4.39 Å². The number of methoxy groups -OCH3 is 1. The van der Waals surface area contributed by atoms with Gasteiger partial charge in [-0.15, -0.1) is 0 Å². The number of nitrogens with zero attached hydrogens (tertiary/aromatic N) is 1. The van der Waals surface area contributed by atoms with E-state index in [9.17, 15) is 9.50 Å². The average molecular weight is 219 g/mol. The maximum absolute atomic E-state index is 13.5. The molecule has 2 rings (SSSR count). The molecule has 0 aliphatic heterocycles. The summed E-state index contributed by atoms with van der Waals surface area (Å²) in [6, 6.07) is 7.86. The van der Waals surface area contributed by atoms with E-state index in [1.807, 2.05) is 0 Å². The van der Waals surface area contributed by atoms with E-state index in [2.05, 4.69) is 4.98 Å². The van der Waals surface area contributed by atoms with Gasteiger partial charge in [-0.2, -0.15) is 0 Å².